The summed E-state index contributed by atoms with van der Waals surface area (Å²) in [6.45, 7) is 0.0754. The maximum atomic E-state index is 11.8. The zero-order chi connectivity index (χ0) is 10.8. The maximum Gasteiger partial charge on any atom is 0.471 e. The summed E-state index contributed by atoms with van der Waals surface area (Å²) in [5, 5.41) is 1.87. The lowest BCUT2D eigenvalue weighted by Gasteiger charge is -2.12. The lowest BCUT2D eigenvalue weighted by atomic mass is 10.1. The summed E-state index contributed by atoms with van der Waals surface area (Å²) < 4.78 is 35.3. The predicted octanol–water partition coefficient (Wildman–Crippen LogP) is 1.21. The number of carbonyl (C=O) groups is 1. The number of nitrogens with one attached hydrogen (secondary N) is 1. The van der Waals surface area contributed by atoms with Gasteiger partial charge in [0.15, 0.2) is 0 Å². The molecule has 3 N–H and O–H groups in total. The Morgan fingerprint density at radius 2 is 2.00 bits per heavy atom. The van der Waals surface area contributed by atoms with Crippen LogP contribution in [0.4, 0.5) is 13.2 Å². The van der Waals surface area contributed by atoms with E-state index in [9.17, 15) is 18.0 Å². The van der Waals surface area contributed by atoms with Crippen LogP contribution in [-0.4, -0.2) is 24.7 Å². The van der Waals surface area contributed by atoms with Crippen LogP contribution in [0.5, 0.6) is 0 Å². The fourth-order valence-electron chi connectivity index (χ4n) is 1.64. The van der Waals surface area contributed by atoms with E-state index >= 15 is 0 Å². The second-order valence-electron chi connectivity index (χ2n) is 3.65. The molecule has 0 aromatic rings. The van der Waals surface area contributed by atoms with Gasteiger partial charge in [-0.25, -0.2) is 0 Å². The lowest BCUT2D eigenvalue weighted by molar-refractivity contribution is -0.173. The first kappa shape index (κ1) is 14.5. The molecule has 2 atom stereocenters. The van der Waals surface area contributed by atoms with Crippen molar-refractivity contribution in [1.82, 2.24) is 5.32 Å². The number of hydrogen-bond donors (Lipinski definition) is 2. The van der Waals surface area contributed by atoms with Gasteiger partial charge in [0, 0.05) is 12.6 Å². The minimum atomic E-state index is -4.78. The van der Waals surface area contributed by atoms with Crippen LogP contribution in [0.1, 0.15) is 19.3 Å². The molecule has 0 bridgehead atoms. The molecule has 7 heteroatoms. The van der Waals surface area contributed by atoms with Crippen LogP contribution >= 0.6 is 12.4 Å². The molecule has 0 aliphatic heterocycles. The summed E-state index contributed by atoms with van der Waals surface area (Å²) in [7, 11) is 0. The van der Waals surface area contributed by atoms with Crippen LogP contribution in [0.2, 0.25) is 0 Å². The summed E-state index contributed by atoms with van der Waals surface area (Å²) in [4.78, 5) is 10.4. The third kappa shape index (κ3) is 4.70. The quantitative estimate of drug-likeness (QED) is 0.770. The van der Waals surface area contributed by atoms with Crippen LogP contribution < -0.4 is 11.1 Å². The predicted molar refractivity (Wildman–Crippen MR) is 51.6 cm³/mol. The van der Waals surface area contributed by atoms with Crippen molar-refractivity contribution in [3.63, 3.8) is 0 Å². The van der Waals surface area contributed by atoms with Crippen LogP contribution in [-0.2, 0) is 4.79 Å². The van der Waals surface area contributed by atoms with Gasteiger partial charge in [-0.15, -0.1) is 12.4 Å². The second-order valence-corrected chi connectivity index (χ2v) is 3.65. The Morgan fingerprint density at radius 1 is 1.40 bits per heavy atom. The minimum absolute atomic E-state index is 0. The highest BCUT2D eigenvalue weighted by Gasteiger charge is 2.38. The molecule has 1 rings (SSSR count). The number of rotatable bonds is 2. The molecule has 0 unspecified atom stereocenters. The van der Waals surface area contributed by atoms with Gasteiger partial charge in [0.1, 0.15) is 0 Å². The molecule has 1 saturated carbocycles. The number of halogens is 4. The topological polar surface area (TPSA) is 55.1 Å². The molecule has 1 amide bonds. The van der Waals surface area contributed by atoms with Gasteiger partial charge in [-0.1, -0.05) is 0 Å². The van der Waals surface area contributed by atoms with Crippen LogP contribution in [0, 0.1) is 5.92 Å². The molecule has 0 spiro atoms. The van der Waals surface area contributed by atoms with Crippen LogP contribution in [0.3, 0.4) is 0 Å². The number of hydrogen-bond acceptors (Lipinski definition) is 2. The Morgan fingerprint density at radius 3 is 2.40 bits per heavy atom. The van der Waals surface area contributed by atoms with E-state index in [0.717, 1.165) is 12.8 Å². The minimum Gasteiger partial charge on any atom is -0.348 e. The van der Waals surface area contributed by atoms with Crippen molar-refractivity contribution in [3.8, 4) is 0 Å². The smallest absolute Gasteiger partial charge is 0.348 e. The Labute approximate surface area is 92.0 Å². The highest BCUT2D eigenvalue weighted by atomic mass is 35.5. The monoisotopic (exact) mass is 246 g/mol. The summed E-state index contributed by atoms with van der Waals surface area (Å²) >= 11 is 0. The first-order valence-corrected chi connectivity index (χ1v) is 4.50. The van der Waals surface area contributed by atoms with E-state index in [4.69, 9.17) is 5.73 Å². The van der Waals surface area contributed by atoms with Gasteiger partial charge in [0.25, 0.3) is 0 Å². The molecule has 0 heterocycles. The zero-order valence-corrected chi connectivity index (χ0v) is 8.83. The van der Waals surface area contributed by atoms with Crippen molar-refractivity contribution in [1.29, 1.82) is 0 Å². The molecule has 0 radical (unpaired) electrons. The molecule has 1 aliphatic carbocycles. The van der Waals surface area contributed by atoms with Crippen molar-refractivity contribution in [2.75, 3.05) is 6.54 Å². The highest BCUT2D eigenvalue weighted by Crippen LogP contribution is 2.23. The van der Waals surface area contributed by atoms with Crippen molar-refractivity contribution >= 4 is 18.3 Å². The summed E-state index contributed by atoms with van der Waals surface area (Å²) in [5.74, 6) is -1.77. The third-order valence-electron chi connectivity index (χ3n) is 2.39. The lowest BCUT2D eigenvalue weighted by Crippen LogP contribution is -2.39. The van der Waals surface area contributed by atoms with Crippen molar-refractivity contribution in [2.45, 2.75) is 31.5 Å². The fourth-order valence-corrected chi connectivity index (χ4v) is 1.64. The Bertz CT molecular complexity index is 222. The molecular formula is C8H14ClF3N2O. The van der Waals surface area contributed by atoms with E-state index in [1.54, 1.807) is 0 Å². The number of nitrogens with two attached hydrogens (primary N) is 1. The van der Waals surface area contributed by atoms with Gasteiger partial charge in [0.2, 0.25) is 0 Å². The molecule has 1 fully saturated rings. The number of amides is 1. The number of alkyl halides is 3. The summed E-state index contributed by atoms with van der Waals surface area (Å²) in [5.41, 5.74) is 5.58. The fraction of sp³-hybridized carbons (Fsp3) is 0.875. The second kappa shape index (κ2) is 5.55. The Kier molecular flexibility index (Phi) is 5.37. The average Bonchev–Trinajstić information content (AvgIpc) is 2.45. The van der Waals surface area contributed by atoms with Gasteiger partial charge in [-0.2, -0.15) is 13.2 Å². The van der Waals surface area contributed by atoms with Gasteiger partial charge in [-0.05, 0) is 25.2 Å². The third-order valence-corrected chi connectivity index (χ3v) is 2.39. The van der Waals surface area contributed by atoms with E-state index in [-0.39, 0.29) is 30.9 Å². The van der Waals surface area contributed by atoms with Crippen molar-refractivity contribution < 1.29 is 18.0 Å². The molecular weight excluding hydrogens is 233 g/mol. The number of carbonyl (C=O) groups excluding carboxylic acids is 1. The molecule has 0 aromatic heterocycles. The van der Waals surface area contributed by atoms with Crippen LogP contribution in [0.25, 0.3) is 0 Å². The van der Waals surface area contributed by atoms with E-state index in [2.05, 4.69) is 0 Å². The van der Waals surface area contributed by atoms with Crippen molar-refractivity contribution in [3.05, 3.63) is 0 Å². The standard InChI is InChI=1S/C8H13F3N2O.ClH/c9-8(10,11)7(14)13-4-5-1-2-6(12)3-5;/h5-6H,1-4,12H2,(H,13,14);1H/t5-,6+;/m1./s1. The summed E-state index contributed by atoms with van der Waals surface area (Å²) in [6, 6.07) is 0.0720. The van der Waals surface area contributed by atoms with Gasteiger partial charge >= 0.3 is 12.1 Å². The zero-order valence-electron chi connectivity index (χ0n) is 8.01. The Balaban J connectivity index is 0.00000196. The van der Waals surface area contributed by atoms with Gasteiger partial charge in [-0.3, -0.25) is 4.79 Å². The van der Waals surface area contributed by atoms with E-state index in [0.29, 0.717) is 6.42 Å². The van der Waals surface area contributed by atoms with Gasteiger partial charge < -0.3 is 11.1 Å². The highest BCUT2D eigenvalue weighted by molar-refractivity contribution is 5.85. The first-order valence-electron chi connectivity index (χ1n) is 4.50. The maximum absolute atomic E-state index is 11.8. The van der Waals surface area contributed by atoms with Crippen molar-refractivity contribution in [2.24, 2.45) is 11.7 Å². The molecule has 0 saturated heterocycles. The first-order chi connectivity index (χ1) is 6.39. The Hall–Kier alpha value is -0.490. The van der Waals surface area contributed by atoms with E-state index in [1.807, 2.05) is 5.32 Å². The molecule has 0 aromatic carbocycles. The molecule has 1 aliphatic rings. The largest absolute Gasteiger partial charge is 0.471 e. The van der Waals surface area contributed by atoms with Gasteiger partial charge in [0.05, 0.1) is 0 Å². The SMILES string of the molecule is Cl.N[C@H]1CC[C@@H](CNC(=O)C(F)(F)F)C1. The normalized spacial score (nSPS) is 25.9. The van der Waals surface area contributed by atoms with E-state index in [1.165, 1.54) is 0 Å². The molecule has 3 nitrogen and oxygen atoms in total. The van der Waals surface area contributed by atoms with Crippen LogP contribution in [0.15, 0.2) is 0 Å². The summed E-state index contributed by atoms with van der Waals surface area (Å²) in [6.07, 6.45) is -2.47. The molecule has 15 heavy (non-hydrogen) atoms. The average molecular weight is 247 g/mol. The molecule has 90 valence electrons. The van der Waals surface area contributed by atoms with E-state index < -0.39 is 12.1 Å².